The lowest BCUT2D eigenvalue weighted by Crippen LogP contribution is -2.27. The van der Waals surface area contributed by atoms with Gasteiger partial charge in [0.1, 0.15) is 37.0 Å². The molecule has 0 spiro atoms. The summed E-state index contributed by atoms with van der Waals surface area (Å²) in [7, 11) is 0. The van der Waals surface area contributed by atoms with Crippen molar-refractivity contribution in [2.75, 3.05) is 13.2 Å². The van der Waals surface area contributed by atoms with Crippen LogP contribution in [0.5, 0.6) is 0 Å². The summed E-state index contributed by atoms with van der Waals surface area (Å²) in [5, 5.41) is 0. The predicted octanol–water partition coefficient (Wildman–Crippen LogP) is 2.29. The standard InChI is InChI=1S/C12H20O5.C7H10O2/c1-5-12(3,4)11(15)17-7-6-16-10(14)8-9(2)13;1-4-5(2)7(9)3-6(4)8/h5-8H2,1-4H3;4-5H,3H2,1-2H3. The van der Waals surface area contributed by atoms with E-state index in [0.29, 0.717) is 6.42 Å². The molecule has 0 saturated heterocycles. The van der Waals surface area contributed by atoms with Crippen molar-refractivity contribution >= 4 is 29.3 Å². The van der Waals surface area contributed by atoms with Gasteiger partial charge in [0.05, 0.1) is 11.8 Å². The lowest BCUT2D eigenvalue weighted by molar-refractivity contribution is -0.159. The number of Topliss-reactive ketones (excluding diaryl/α,β-unsaturated/α-hetero) is 3. The maximum absolute atomic E-state index is 11.5. The average Bonchev–Trinajstić information content (AvgIpc) is 2.77. The van der Waals surface area contributed by atoms with E-state index in [1.165, 1.54) is 6.92 Å². The van der Waals surface area contributed by atoms with Gasteiger partial charge in [-0.15, -0.1) is 0 Å². The molecule has 1 aliphatic carbocycles. The number of hydrogen-bond acceptors (Lipinski definition) is 7. The Bertz CT molecular complexity index is 530. The fraction of sp³-hybridized carbons (Fsp3) is 0.737. The van der Waals surface area contributed by atoms with Crippen LogP contribution in [0, 0.1) is 17.3 Å². The van der Waals surface area contributed by atoms with Crippen LogP contribution in [0.4, 0.5) is 0 Å². The van der Waals surface area contributed by atoms with Crippen molar-refractivity contribution in [2.45, 2.75) is 60.8 Å². The summed E-state index contributed by atoms with van der Waals surface area (Å²) in [5.41, 5.74) is -0.524. The average molecular weight is 370 g/mol. The molecule has 0 amide bonds. The van der Waals surface area contributed by atoms with Gasteiger partial charge in [-0.1, -0.05) is 20.8 Å². The van der Waals surface area contributed by atoms with Crippen molar-refractivity contribution in [1.82, 2.24) is 0 Å². The van der Waals surface area contributed by atoms with E-state index < -0.39 is 11.4 Å². The Hall–Kier alpha value is -2.05. The zero-order valence-corrected chi connectivity index (χ0v) is 16.5. The van der Waals surface area contributed by atoms with Gasteiger partial charge in [0.15, 0.2) is 0 Å². The van der Waals surface area contributed by atoms with Crippen molar-refractivity contribution in [1.29, 1.82) is 0 Å². The molecule has 0 aromatic rings. The molecule has 2 unspecified atom stereocenters. The highest BCUT2D eigenvalue weighted by molar-refractivity contribution is 6.08. The number of ether oxygens (including phenoxy) is 2. The third kappa shape index (κ3) is 8.36. The highest BCUT2D eigenvalue weighted by atomic mass is 16.6. The van der Waals surface area contributed by atoms with Crippen LogP contribution >= 0.6 is 0 Å². The Morgan fingerprint density at radius 2 is 1.46 bits per heavy atom. The van der Waals surface area contributed by atoms with E-state index in [1.54, 1.807) is 13.8 Å². The van der Waals surface area contributed by atoms with Gasteiger partial charge < -0.3 is 9.47 Å². The number of ketones is 3. The van der Waals surface area contributed by atoms with Crippen molar-refractivity contribution in [3.05, 3.63) is 0 Å². The third-order valence-electron chi connectivity index (χ3n) is 4.52. The van der Waals surface area contributed by atoms with Crippen molar-refractivity contribution < 1.29 is 33.4 Å². The number of carbonyl (C=O) groups is 5. The lowest BCUT2D eigenvalue weighted by Gasteiger charge is -2.20. The normalized spacial score (nSPS) is 19.5. The van der Waals surface area contributed by atoms with E-state index in [4.69, 9.17) is 9.47 Å². The molecule has 26 heavy (non-hydrogen) atoms. The topological polar surface area (TPSA) is 104 Å². The van der Waals surface area contributed by atoms with Crippen LogP contribution in [0.15, 0.2) is 0 Å². The van der Waals surface area contributed by atoms with Gasteiger partial charge in [-0.25, -0.2) is 0 Å². The molecule has 7 nitrogen and oxygen atoms in total. The van der Waals surface area contributed by atoms with E-state index in [9.17, 15) is 24.0 Å². The Morgan fingerprint density at radius 3 is 1.81 bits per heavy atom. The van der Waals surface area contributed by atoms with Gasteiger partial charge >= 0.3 is 11.9 Å². The van der Waals surface area contributed by atoms with Crippen LogP contribution in [0.25, 0.3) is 0 Å². The molecule has 1 fully saturated rings. The second kappa shape index (κ2) is 10.8. The summed E-state index contributed by atoms with van der Waals surface area (Å²) >= 11 is 0. The molecule has 0 radical (unpaired) electrons. The first-order valence-electron chi connectivity index (χ1n) is 8.80. The first-order chi connectivity index (χ1) is 11.9. The smallest absolute Gasteiger partial charge is 0.313 e. The maximum Gasteiger partial charge on any atom is 0.313 e. The highest BCUT2D eigenvalue weighted by Gasteiger charge is 2.34. The summed E-state index contributed by atoms with van der Waals surface area (Å²) in [6.45, 7) is 10.4. The van der Waals surface area contributed by atoms with Gasteiger partial charge in [-0.05, 0) is 27.2 Å². The Balaban J connectivity index is 0.000000577. The molecule has 1 rings (SSSR count). The van der Waals surface area contributed by atoms with E-state index in [1.807, 2.05) is 20.8 Å². The van der Waals surface area contributed by atoms with Crippen molar-refractivity contribution in [2.24, 2.45) is 17.3 Å². The van der Waals surface area contributed by atoms with E-state index in [-0.39, 0.29) is 61.2 Å². The monoisotopic (exact) mass is 370 g/mol. The molecule has 1 aliphatic rings. The van der Waals surface area contributed by atoms with Crippen LogP contribution in [0.3, 0.4) is 0 Å². The molecule has 2 atom stereocenters. The fourth-order valence-corrected chi connectivity index (χ4v) is 1.94. The third-order valence-corrected chi connectivity index (χ3v) is 4.52. The zero-order valence-electron chi connectivity index (χ0n) is 16.5. The van der Waals surface area contributed by atoms with Crippen LogP contribution in [0.1, 0.15) is 60.8 Å². The largest absolute Gasteiger partial charge is 0.462 e. The van der Waals surface area contributed by atoms with Gasteiger partial charge in [-0.3, -0.25) is 24.0 Å². The molecule has 7 heteroatoms. The summed E-state index contributed by atoms with van der Waals surface area (Å²) in [4.78, 5) is 54.6. The van der Waals surface area contributed by atoms with Crippen LogP contribution in [-0.2, 0) is 33.4 Å². The Morgan fingerprint density at radius 1 is 1.00 bits per heavy atom. The van der Waals surface area contributed by atoms with Crippen LogP contribution in [0.2, 0.25) is 0 Å². The van der Waals surface area contributed by atoms with Gasteiger partial charge in [0.25, 0.3) is 0 Å². The van der Waals surface area contributed by atoms with E-state index in [2.05, 4.69) is 0 Å². The molecule has 0 aromatic carbocycles. The second-order valence-electron chi connectivity index (χ2n) is 7.16. The zero-order chi connectivity index (χ0) is 20.5. The maximum atomic E-state index is 11.5. The van der Waals surface area contributed by atoms with E-state index in [0.717, 1.165) is 0 Å². The molecule has 0 bridgehead atoms. The summed E-state index contributed by atoms with van der Waals surface area (Å²) in [6, 6.07) is 0. The predicted molar refractivity (Wildman–Crippen MR) is 94.2 cm³/mol. The minimum Gasteiger partial charge on any atom is -0.462 e. The molecule has 0 aromatic heterocycles. The molecular formula is C19H30O7. The molecule has 0 aliphatic heterocycles. The second-order valence-corrected chi connectivity index (χ2v) is 7.16. The molecule has 1 saturated carbocycles. The first-order valence-corrected chi connectivity index (χ1v) is 8.80. The molecule has 0 heterocycles. The molecular weight excluding hydrogens is 340 g/mol. The molecule has 0 N–H and O–H groups in total. The fourth-order valence-electron chi connectivity index (χ4n) is 1.94. The van der Waals surface area contributed by atoms with Crippen LogP contribution < -0.4 is 0 Å². The Kier molecular flexibility index (Phi) is 9.98. The van der Waals surface area contributed by atoms with Gasteiger partial charge in [0.2, 0.25) is 0 Å². The van der Waals surface area contributed by atoms with Crippen molar-refractivity contribution in [3.8, 4) is 0 Å². The number of esters is 2. The minimum absolute atomic E-state index is 0.0162. The summed E-state index contributed by atoms with van der Waals surface area (Å²) < 4.78 is 9.66. The van der Waals surface area contributed by atoms with Gasteiger partial charge in [-0.2, -0.15) is 0 Å². The van der Waals surface area contributed by atoms with Crippen molar-refractivity contribution in [3.63, 3.8) is 0 Å². The number of rotatable bonds is 7. The van der Waals surface area contributed by atoms with Gasteiger partial charge in [0, 0.05) is 11.8 Å². The lowest BCUT2D eigenvalue weighted by atomic mass is 9.91. The SMILES string of the molecule is CC1C(=O)CC(=O)C1C.CCC(C)(C)C(=O)OCCOC(=O)CC(C)=O. The quantitative estimate of drug-likeness (QED) is 0.385. The number of hydrogen-bond donors (Lipinski definition) is 0. The number of carbonyl (C=O) groups excluding carboxylic acids is 5. The molecule has 148 valence electrons. The van der Waals surface area contributed by atoms with E-state index >= 15 is 0 Å². The summed E-state index contributed by atoms with van der Waals surface area (Å²) in [5.74, 6) is -1.01. The minimum atomic E-state index is -0.594. The summed E-state index contributed by atoms with van der Waals surface area (Å²) in [6.07, 6.45) is 0.604. The van der Waals surface area contributed by atoms with Crippen LogP contribution in [-0.4, -0.2) is 42.5 Å². The first kappa shape index (κ1) is 23.9. The highest BCUT2D eigenvalue weighted by Crippen LogP contribution is 2.23. The Labute approximate surface area is 154 Å².